The molecular weight excluding hydrogens is 141 g/mol. The Hall–Kier alpha value is 1.56. The summed E-state index contributed by atoms with van der Waals surface area (Å²) >= 11 is 0. The van der Waals surface area contributed by atoms with Gasteiger partial charge in [0.2, 0.25) is 0 Å². The van der Waals surface area contributed by atoms with Gasteiger partial charge in [0.25, 0.3) is 0 Å². The summed E-state index contributed by atoms with van der Waals surface area (Å²) in [5.41, 5.74) is 0. The van der Waals surface area contributed by atoms with E-state index in [1.807, 2.05) is 28.1 Å². The summed E-state index contributed by atoms with van der Waals surface area (Å²) in [5, 5.41) is 9.17. The summed E-state index contributed by atoms with van der Waals surface area (Å²) in [6, 6.07) is 0. The average molecular weight is 158 g/mol. The van der Waals surface area contributed by atoms with Crippen LogP contribution in [-0.4, -0.2) is 37.0 Å². The summed E-state index contributed by atoms with van der Waals surface area (Å²) in [6.07, 6.45) is 0.610. The zero-order valence-electron chi connectivity index (χ0n) is 8.18. The fourth-order valence-corrected chi connectivity index (χ4v) is 0.548. The van der Waals surface area contributed by atoms with Gasteiger partial charge in [-0.2, -0.15) is 0 Å². The molecule has 0 aliphatic rings. The molecule has 0 saturated carbocycles. The molecule has 0 fully saturated rings. The first-order chi connectivity index (χ1) is 3.48. The quantitative estimate of drug-likeness (QED) is 0.268. The fraction of sp³-hybridized carbons (Fsp3) is 1.00. The Kier molecular flexibility index (Phi) is 7.66. The van der Waals surface area contributed by atoms with Crippen LogP contribution in [0.5, 0.6) is 0 Å². The normalized spacial score (nSPS) is 14.3. The molecule has 0 bridgehead atoms. The molecule has 0 spiro atoms. The van der Waals surface area contributed by atoms with Gasteiger partial charge in [0.15, 0.2) is 6.23 Å². The van der Waals surface area contributed by atoms with Crippen molar-refractivity contribution < 1.29 is 62.4 Å². The topological polar surface area (TPSA) is 20.2 Å². The van der Waals surface area contributed by atoms with Crippen molar-refractivity contribution in [1.29, 1.82) is 0 Å². The molecular formula is C6H17KNO+. The van der Waals surface area contributed by atoms with Crippen molar-refractivity contribution in [3.8, 4) is 0 Å². The maximum atomic E-state index is 9.17. The second kappa shape index (κ2) is 5.24. The van der Waals surface area contributed by atoms with E-state index in [0.29, 0.717) is 4.48 Å². The van der Waals surface area contributed by atoms with Crippen LogP contribution in [0.2, 0.25) is 0 Å². The Labute approximate surface area is 102 Å². The van der Waals surface area contributed by atoms with Crippen molar-refractivity contribution in [3.63, 3.8) is 0 Å². The minimum atomic E-state index is -0.213. The van der Waals surface area contributed by atoms with E-state index >= 15 is 0 Å². The third-order valence-electron chi connectivity index (χ3n) is 1.26. The largest absolute Gasteiger partial charge is 1.00 e. The molecule has 0 rings (SSSR count). The van der Waals surface area contributed by atoms with E-state index in [4.69, 9.17) is 5.11 Å². The Bertz CT molecular complexity index is 74.6. The van der Waals surface area contributed by atoms with Gasteiger partial charge >= 0.3 is 51.4 Å². The van der Waals surface area contributed by atoms with Gasteiger partial charge in [0.1, 0.15) is 0 Å². The first kappa shape index (κ1) is 13.2. The number of quaternary nitrogens is 1. The van der Waals surface area contributed by atoms with Gasteiger partial charge in [-0.1, -0.05) is 6.92 Å². The molecule has 3 heteroatoms. The van der Waals surface area contributed by atoms with Gasteiger partial charge in [-0.25, -0.2) is 0 Å². The number of rotatable bonds is 2. The molecule has 9 heavy (non-hydrogen) atoms. The summed E-state index contributed by atoms with van der Waals surface area (Å²) in [5.74, 6) is 0. The minimum Gasteiger partial charge on any atom is -1.00 e. The van der Waals surface area contributed by atoms with Crippen LogP contribution in [0.1, 0.15) is 14.8 Å². The molecule has 0 aromatic carbocycles. The van der Waals surface area contributed by atoms with E-state index in [0.717, 1.165) is 6.42 Å². The maximum Gasteiger partial charge on any atom is 1.00 e. The zero-order valence-corrected chi connectivity index (χ0v) is 10.3. The van der Waals surface area contributed by atoms with Gasteiger partial charge in [0.05, 0.1) is 21.1 Å². The standard InChI is InChI=1S/C6H16NO.K.H/c1-5-6(8)7(2,3)4;;/h6,8H,5H2,1-4H3;;/q2*+1;-1. The van der Waals surface area contributed by atoms with E-state index in [-0.39, 0.29) is 59.0 Å². The van der Waals surface area contributed by atoms with E-state index in [9.17, 15) is 0 Å². The van der Waals surface area contributed by atoms with Crippen LogP contribution in [0.25, 0.3) is 0 Å². The SMILES string of the molecule is CCC(O)[N+](C)(C)C.[H-].[K+]. The van der Waals surface area contributed by atoms with Crippen molar-refractivity contribution in [2.75, 3.05) is 21.1 Å². The van der Waals surface area contributed by atoms with Crippen LogP contribution < -0.4 is 51.4 Å². The Morgan fingerprint density at radius 1 is 1.44 bits per heavy atom. The van der Waals surface area contributed by atoms with Crippen LogP contribution >= 0.6 is 0 Å². The molecule has 1 atom stereocenters. The van der Waals surface area contributed by atoms with Crippen molar-refractivity contribution in [2.45, 2.75) is 19.6 Å². The van der Waals surface area contributed by atoms with Gasteiger partial charge in [0, 0.05) is 6.42 Å². The van der Waals surface area contributed by atoms with Gasteiger partial charge in [-0.3, -0.25) is 0 Å². The first-order valence-electron chi connectivity index (χ1n) is 2.97. The number of aliphatic hydroxyl groups is 1. The summed E-state index contributed by atoms with van der Waals surface area (Å²) in [7, 11) is 5.94. The Morgan fingerprint density at radius 3 is 1.78 bits per heavy atom. The van der Waals surface area contributed by atoms with E-state index < -0.39 is 0 Å². The predicted octanol–water partition coefficient (Wildman–Crippen LogP) is -2.46. The van der Waals surface area contributed by atoms with Crippen LogP contribution in [-0.2, 0) is 0 Å². The first-order valence-corrected chi connectivity index (χ1v) is 2.97. The van der Waals surface area contributed by atoms with Crippen LogP contribution in [0.3, 0.4) is 0 Å². The van der Waals surface area contributed by atoms with Crippen molar-refractivity contribution in [3.05, 3.63) is 0 Å². The number of hydrogen-bond acceptors (Lipinski definition) is 1. The predicted molar refractivity (Wildman–Crippen MR) is 35.4 cm³/mol. The molecule has 0 amide bonds. The minimum absolute atomic E-state index is 0. The van der Waals surface area contributed by atoms with Gasteiger partial charge in [-0.15, -0.1) is 0 Å². The molecule has 0 aliphatic carbocycles. The molecule has 0 aromatic rings. The molecule has 0 radical (unpaired) electrons. The molecule has 2 nitrogen and oxygen atoms in total. The maximum absolute atomic E-state index is 9.17. The van der Waals surface area contributed by atoms with Crippen molar-refractivity contribution in [2.24, 2.45) is 0 Å². The summed E-state index contributed by atoms with van der Waals surface area (Å²) in [4.78, 5) is 0. The molecule has 1 N–H and O–H groups in total. The summed E-state index contributed by atoms with van der Waals surface area (Å²) < 4.78 is 0.635. The second-order valence-corrected chi connectivity index (χ2v) is 3.01. The molecule has 0 aromatic heterocycles. The monoisotopic (exact) mass is 158 g/mol. The van der Waals surface area contributed by atoms with E-state index in [1.54, 1.807) is 0 Å². The van der Waals surface area contributed by atoms with Crippen LogP contribution in [0, 0.1) is 0 Å². The van der Waals surface area contributed by atoms with Crippen molar-refractivity contribution in [1.82, 2.24) is 0 Å². The molecule has 0 heterocycles. The van der Waals surface area contributed by atoms with Crippen LogP contribution in [0.15, 0.2) is 0 Å². The van der Waals surface area contributed by atoms with Gasteiger partial charge in [-0.05, 0) is 0 Å². The third-order valence-corrected chi connectivity index (χ3v) is 1.26. The number of aliphatic hydroxyl groups excluding tert-OH is 1. The third kappa shape index (κ3) is 5.97. The van der Waals surface area contributed by atoms with E-state index in [1.165, 1.54) is 0 Å². The van der Waals surface area contributed by atoms with E-state index in [2.05, 4.69) is 0 Å². The smallest absolute Gasteiger partial charge is 1.00 e. The molecule has 1 unspecified atom stereocenters. The van der Waals surface area contributed by atoms with Crippen LogP contribution in [0.4, 0.5) is 0 Å². The molecule has 0 aliphatic heterocycles. The zero-order chi connectivity index (χ0) is 6.78. The fourth-order valence-electron chi connectivity index (χ4n) is 0.548. The second-order valence-electron chi connectivity index (χ2n) is 3.01. The number of hydrogen-bond donors (Lipinski definition) is 1. The molecule has 0 saturated heterocycles. The van der Waals surface area contributed by atoms with Gasteiger partial charge < -0.3 is 11.0 Å². The van der Waals surface area contributed by atoms with Crippen molar-refractivity contribution >= 4 is 0 Å². The Balaban J connectivity index is -0.000000245. The summed E-state index contributed by atoms with van der Waals surface area (Å²) in [6.45, 7) is 1.98. The molecule has 52 valence electrons. The number of nitrogens with zero attached hydrogens (tertiary/aromatic N) is 1. The average Bonchev–Trinajstić information content (AvgIpc) is 1.62. The Morgan fingerprint density at radius 2 is 1.78 bits per heavy atom.